The average molecular weight is 308 g/mol. The first kappa shape index (κ1) is 17.7. The second-order valence-electron chi connectivity index (χ2n) is 6.81. The Hall–Kier alpha value is -0.670. The molecular formula is C19H32O3. The van der Waals surface area contributed by atoms with Gasteiger partial charge in [-0.1, -0.05) is 45.1 Å². The van der Waals surface area contributed by atoms with E-state index in [1.807, 2.05) is 6.08 Å². The van der Waals surface area contributed by atoms with Gasteiger partial charge in [0, 0.05) is 19.3 Å². The van der Waals surface area contributed by atoms with Crippen LogP contribution in [-0.4, -0.2) is 24.8 Å². The van der Waals surface area contributed by atoms with Gasteiger partial charge in [-0.2, -0.15) is 0 Å². The van der Waals surface area contributed by atoms with E-state index >= 15 is 0 Å². The molecule has 1 atom stereocenters. The Kier molecular flexibility index (Phi) is 7.61. The Morgan fingerprint density at radius 2 is 1.86 bits per heavy atom. The van der Waals surface area contributed by atoms with E-state index in [9.17, 15) is 4.79 Å². The van der Waals surface area contributed by atoms with Gasteiger partial charge in [0.05, 0.1) is 13.2 Å². The lowest BCUT2D eigenvalue weighted by Crippen LogP contribution is -2.35. The molecule has 1 saturated heterocycles. The van der Waals surface area contributed by atoms with Crippen LogP contribution in [-0.2, 0) is 14.3 Å². The summed E-state index contributed by atoms with van der Waals surface area (Å²) in [5.74, 6) is 0.374. The fourth-order valence-electron chi connectivity index (χ4n) is 3.57. The van der Waals surface area contributed by atoms with E-state index in [0.29, 0.717) is 25.6 Å². The molecule has 2 fully saturated rings. The van der Waals surface area contributed by atoms with E-state index in [1.165, 1.54) is 32.1 Å². The largest absolute Gasteiger partial charge is 0.348 e. The fourth-order valence-corrected chi connectivity index (χ4v) is 3.57. The molecule has 0 bridgehead atoms. The number of carbonyl (C=O) groups excluding carboxylic acids is 1. The molecule has 1 saturated carbocycles. The van der Waals surface area contributed by atoms with Gasteiger partial charge in [-0.05, 0) is 31.3 Å². The van der Waals surface area contributed by atoms with Crippen LogP contribution in [0.25, 0.3) is 0 Å². The lowest BCUT2D eigenvalue weighted by atomic mass is 9.84. The summed E-state index contributed by atoms with van der Waals surface area (Å²) >= 11 is 0. The monoisotopic (exact) mass is 308 g/mol. The Morgan fingerprint density at radius 1 is 1.14 bits per heavy atom. The maximum absolute atomic E-state index is 11.9. The summed E-state index contributed by atoms with van der Waals surface area (Å²) in [6.45, 7) is 3.66. The van der Waals surface area contributed by atoms with Gasteiger partial charge in [0.2, 0.25) is 0 Å². The molecule has 1 spiro atoms. The molecule has 0 N–H and O–H groups in total. The summed E-state index contributed by atoms with van der Waals surface area (Å²) in [6, 6.07) is 0. The van der Waals surface area contributed by atoms with Crippen LogP contribution in [0.15, 0.2) is 12.2 Å². The molecule has 0 aromatic rings. The highest BCUT2D eigenvalue weighted by atomic mass is 16.7. The standard InChI is InChI=1S/C19H32O3/c1-2-3-4-5-6-7-10-18(20)12-11-17-9-8-13-19(16-17)21-14-15-22-19/h11-12,17H,2-10,13-16H2,1H3/b12-11+/t17-/m1/s1. The third-order valence-electron chi connectivity index (χ3n) is 4.85. The first-order chi connectivity index (χ1) is 10.7. The van der Waals surface area contributed by atoms with E-state index in [1.54, 1.807) is 0 Å². The number of ketones is 1. The van der Waals surface area contributed by atoms with Crippen molar-refractivity contribution in [2.75, 3.05) is 13.2 Å². The van der Waals surface area contributed by atoms with E-state index in [0.717, 1.165) is 32.1 Å². The van der Waals surface area contributed by atoms with Crippen molar-refractivity contribution in [1.82, 2.24) is 0 Å². The van der Waals surface area contributed by atoms with Gasteiger partial charge in [0.25, 0.3) is 0 Å². The highest BCUT2D eigenvalue weighted by Crippen LogP contribution is 2.39. The van der Waals surface area contributed by atoms with Crippen molar-refractivity contribution in [3.05, 3.63) is 12.2 Å². The Bertz CT molecular complexity index is 356. The minimum Gasteiger partial charge on any atom is -0.348 e. The van der Waals surface area contributed by atoms with Crippen molar-refractivity contribution in [3.63, 3.8) is 0 Å². The van der Waals surface area contributed by atoms with Crippen molar-refractivity contribution in [3.8, 4) is 0 Å². The number of carbonyl (C=O) groups is 1. The van der Waals surface area contributed by atoms with Crippen LogP contribution >= 0.6 is 0 Å². The summed E-state index contributed by atoms with van der Waals surface area (Å²) < 4.78 is 11.6. The van der Waals surface area contributed by atoms with Crippen LogP contribution < -0.4 is 0 Å². The average Bonchev–Trinajstić information content (AvgIpc) is 2.96. The Balaban J connectivity index is 1.62. The van der Waals surface area contributed by atoms with Gasteiger partial charge in [-0.15, -0.1) is 0 Å². The van der Waals surface area contributed by atoms with Gasteiger partial charge in [0.15, 0.2) is 11.6 Å². The summed E-state index contributed by atoms with van der Waals surface area (Å²) in [6.07, 6.45) is 16.2. The fraction of sp³-hybridized carbons (Fsp3) is 0.842. The highest BCUT2D eigenvalue weighted by molar-refractivity contribution is 5.89. The zero-order valence-corrected chi connectivity index (χ0v) is 14.1. The van der Waals surface area contributed by atoms with Gasteiger partial charge in [-0.25, -0.2) is 0 Å². The lowest BCUT2D eigenvalue weighted by molar-refractivity contribution is -0.183. The number of ether oxygens (including phenoxy) is 2. The number of allylic oxidation sites excluding steroid dienone is 2. The molecule has 0 radical (unpaired) electrons. The van der Waals surface area contributed by atoms with Crippen LogP contribution in [0, 0.1) is 5.92 Å². The van der Waals surface area contributed by atoms with Crippen molar-refractivity contribution in [2.24, 2.45) is 5.92 Å². The molecular weight excluding hydrogens is 276 g/mol. The van der Waals surface area contributed by atoms with Gasteiger partial charge < -0.3 is 9.47 Å². The van der Waals surface area contributed by atoms with Crippen molar-refractivity contribution in [2.45, 2.75) is 83.3 Å². The first-order valence-corrected chi connectivity index (χ1v) is 9.23. The zero-order chi connectivity index (χ0) is 15.7. The SMILES string of the molecule is CCCCCCCCC(=O)/C=C/[C@H]1CCCC2(C1)OCCO2. The molecule has 3 nitrogen and oxygen atoms in total. The predicted molar refractivity (Wildman–Crippen MR) is 88.7 cm³/mol. The van der Waals surface area contributed by atoms with E-state index in [4.69, 9.17) is 9.47 Å². The van der Waals surface area contributed by atoms with E-state index in [-0.39, 0.29) is 11.6 Å². The molecule has 0 amide bonds. The van der Waals surface area contributed by atoms with Gasteiger partial charge >= 0.3 is 0 Å². The molecule has 2 aliphatic rings. The van der Waals surface area contributed by atoms with Crippen LogP contribution in [0.1, 0.15) is 77.6 Å². The van der Waals surface area contributed by atoms with E-state index < -0.39 is 0 Å². The second-order valence-corrected chi connectivity index (χ2v) is 6.81. The minimum absolute atomic E-state index is 0.281. The molecule has 0 aromatic carbocycles. The molecule has 22 heavy (non-hydrogen) atoms. The lowest BCUT2D eigenvalue weighted by Gasteiger charge is -2.35. The molecule has 1 aliphatic heterocycles. The van der Waals surface area contributed by atoms with Crippen molar-refractivity contribution in [1.29, 1.82) is 0 Å². The number of rotatable bonds is 9. The maximum atomic E-state index is 11.9. The third-order valence-corrected chi connectivity index (χ3v) is 4.85. The van der Waals surface area contributed by atoms with Gasteiger partial charge in [0.1, 0.15) is 0 Å². The van der Waals surface area contributed by atoms with Crippen molar-refractivity contribution >= 4 is 5.78 Å². The van der Waals surface area contributed by atoms with Crippen LogP contribution in [0.5, 0.6) is 0 Å². The quantitative estimate of drug-likeness (QED) is 0.453. The topological polar surface area (TPSA) is 35.5 Å². The van der Waals surface area contributed by atoms with E-state index in [2.05, 4.69) is 13.0 Å². The molecule has 1 aliphatic carbocycles. The zero-order valence-electron chi connectivity index (χ0n) is 14.1. The smallest absolute Gasteiger partial charge is 0.169 e. The summed E-state index contributed by atoms with van der Waals surface area (Å²) in [5.41, 5.74) is 0. The Labute approximate surface area is 135 Å². The predicted octanol–water partition coefficient (Wildman–Crippen LogP) is 4.80. The molecule has 1 heterocycles. The van der Waals surface area contributed by atoms with Crippen molar-refractivity contribution < 1.29 is 14.3 Å². The van der Waals surface area contributed by atoms with Gasteiger partial charge in [-0.3, -0.25) is 4.79 Å². The van der Waals surface area contributed by atoms with Crippen LogP contribution in [0.2, 0.25) is 0 Å². The normalized spacial score (nSPS) is 24.3. The number of hydrogen-bond donors (Lipinski definition) is 0. The molecule has 126 valence electrons. The number of unbranched alkanes of at least 4 members (excludes halogenated alkanes) is 5. The molecule has 0 aromatic heterocycles. The first-order valence-electron chi connectivity index (χ1n) is 9.23. The number of hydrogen-bond acceptors (Lipinski definition) is 3. The Morgan fingerprint density at radius 3 is 2.64 bits per heavy atom. The summed E-state index contributed by atoms with van der Waals surface area (Å²) in [4.78, 5) is 11.9. The third kappa shape index (κ3) is 5.85. The molecule has 2 rings (SSSR count). The summed E-state index contributed by atoms with van der Waals surface area (Å²) in [5, 5.41) is 0. The second kappa shape index (κ2) is 9.46. The minimum atomic E-state index is -0.338. The summed E-state index contributed by atoms with van der Waals surface area (Å²) in [7, 11) is 0. The highest BCUT2D eigenvalue weighted by Gasteiger charge is 2.40. The van der Waals surface area contributed by atoms with Crippen LogP contribution in [0.3, 0.4) is 0 Å². The maximum Gasteiger partial charge on any atom is 0.169 e. The van der Waals surface area contributed by atoms with Crippen LogP contribution in [0.4, 0.5) is 0 Å². The molecule has 0 unspecified atom stereocenters. The molecule has 3 heteroatoms.